The SMILES string of the molecule is CCCOC(=O)CCCOc1ccccc1. The van der Waals surface area contributed by atoms with Crippen LogP contribution in [-0.2, 0) is 9.53 Å². The van der Waals surface area contributed by atoms with Crippen LogP contribution in [0.25, 0.3) is 0 Å². The van der Waals surface area contributed by atoms with E-state index in [1.54, 1.807) is 0 Å². The molecule has 0 aromatic heterocycles. The molecule has 1 aromatic carbocycles. The van der Waals surface area contributed by atoms with E-state index in [4.69, 9.17) is 9.47 Å². The highest BCUT2D eigenvalue weighted by Gasteiger charge is 2.01. The summed E-state index contributed by atoms with van der Waals surface area (Å²) in [6, 6.07) is 9.58. The molecule has 0 aliphatic carbocycles. The van der Waals surface area contributed by atoms with Crippen molar-refractivity contribution in [3.05, 3.63) is 30.3 Å². The second-order valence-corrected chi connectivity index (χ2v) is 3.49. The highest BCUT2D eigenvalue weighted by Crippen LogP contribution is 2.08. The van der Waals surface area contributed by atoms with Crippen molar-refractivity contribution in [1.29, 1.82) is 0 Å². The number of para-hydroxylation sites is 1. The van der Waals surface area contributed by atoms with Crippen LogP contribution >= 0.6 is 0 Å². The Hall–Kier alpha value is -1.51. The topological polar surface area (TPSA) is 35.5 Å². The summed E-state index contributed by atoms with van der Waals surface area (Å²) in [5.74, 6) is 0.697. The second kappa shape index (κ2) is 7.74. The Morgan fingerprint density at radius 3 is 2.62 bits per heavy atom. The van der Waals surface area contributed by atoms with E-state index >= 15 is 0 Å². The maximum Gasteiger partial charge on any atom is 0.305 e. The number of esters is 1. The molecule has 0 bridgehead atoms. The fourth-order valence-electron chi connectivity index (χ4n) is 1.21. The fraction of sp³-hybridized carbons (Fsp3) is 0.462. The highest BCUT2D eigenvalue weighted by atomic mass is 16.5. The molecular formula is C13H18O3. The molecule has 0 amide bonds. The van der Waals surface area contributed by atoms with Gasteiger partial charge in [0.25, 0.3) is 0 Å². The van der Waals surface area contributed by atoms with Crippen LogP contribution in [0, 0.1) is 0 Å². The Balaban J connectivity index is 2.06. The maximum atomic E-state index is 11.1. The van der Waals surface area contributed by atoms with Gasteiger partial charge >= 0.3 is 5.97 Å². The smallest absolute Gasteiger partial charge is 0.305 e. The molecular weight excluding hydrogens is 204 g/mol. The minimum absolute atomic E-state index is 0.140. The Bertz CT molecular complexity index is 295. The summed E-state index contributed by atoms with van der Waals surface area (Å²) in [5, 5.41) is 0. The average molecular weight is 222 g/mol. The Morgan fingerprint density at radius 1 is 1.19 bits per heavy atom. The summed E-state index contributed by atoms with van der Waals surface area (Å²) in [4.78, 5) is 11.1. The van der Waals surface area contributed by atoms with Crippen LogP contribution in [-0.4, -0.2) is 19.2 Å². The molecule has 88 valence electrons. The van der Waals surface area contributed by atoms with Crippen molar-refractivity contribution in [2.75, 3.05) is 13.2 Å². The van der Waals surface area contributed by atoms with Crippen LogP contribution in [0.4, 0.5) is 0 Å². The summed E-state index contributed by atoms with van der Waals surface area (Å²) in [7, 11) is 0. The van der Waals surface area contributed by atoms with Crippen LogP contribution in [0.5, 0.6) is 5.75 Å². The van der Waals surface area contributed by atoms with E-state index in [2.05, 4.69) is 0 Å². The lowest BCUT2D eigenvalue weighted by molar-refractivity contribution is -0.143. The van der Waals surface area contributed by atoms with Gasteiger partial charge in [0.2, 0.25) is 0 Å². The molecule has 0 heterocycles. The molecule has 0 aliphatic rings. The number of carbonyl (C=O) groups is 1. The quantitative estimate of drug-likeness (QED) is 0.525. The van der Waals surface area contributed by atoms with Gasteiger partial charge in [0.15, 0.2) is 0 Å². The molecule has 0 atom stereocenters. The summed E-state index contributed by atoms with van der Waals surface area (Å²) < 4.78 is 10.4. The molecule has 1 aromatic rings. The lowest BCUT2D eigenvalue weighted by Gasteiger charge is -2.05. The average Bonchev–Trinajstić information content (AvgIpc) is 2.33. The predicted molar refractivity (Wildman–Crippen MR) is 62.4 cm³/mol. The van der Waals surface area contributed by atoms with Gasteiger partial charge in [-0.1, -0.05) is 25.1 Å². The van der Waals surface area contributed by atoms with Gasteiger partial charge < -0.3 is 9.47 Å². The molecule has 0 saturated heterocycles. The van der Waals surface area contributed by atoms with Gasteiger partial charge in [-0.15, -0.1) is 0 Å². The van der Waals surface area contributed by atoms with Crippen LogP contribution in [0.3, 0.4) is 0 Å². The van der Waals surface area contributed by atoms with Crippen molar-refractivity contribution in [3.63, 3.8) is 0 Å². The summed E-state index contributed by atoms with van der Waals surface area (Å²) in [6.07, 6.45) is 1.98. The summed E-state index contributed by atoms with van der Waals surface area (Å²) in [6.45, 7) is 3.04. The zero-order chi connectivity index (χ0) is 11.6. The molecule has 0 N–H and O–H groups in total. The molecule has 3 heteroatoms. The van der Waals surface area contributed by atoms with Crippen LogP contribution in [0.1, 0.15) is 26.2 Å². The number of ether oxygens (including phenoxy) is 2. The minimum Gasteiger partial charge on any atom is -0.494 e. The molecule has 0 unspecified atom stereocenters. The second-order valence-electron chi connectivity index (χ2n) is 3.49. The van der Waals surface area contributed by atoms with E-state index in [1.165, 1.54) is 0 Å². The number of rotatable bonds is 7. The highest BCUT2D eigenvalue weighted by molar-refractivity contribution is 5.69. The molecule has 0 saturated carbocycles. The molecule has 0 radical (unpaired) electrons. The van der Waals surface area contributed by atoms with Crippen molar-refractivity contribution < 1.29 is 14.3 Å². The third kappa shape index (κ3) is 5.39. The van der Waals surface area contributed by atoms with Crippen molar-refractivity contribution in [2.45, 2.75) is 26.2 Å². The zero-order valence-electron chi connectivity index (χ0n) is 9.65. The Kier molecular flexibility index (Phi) is 6.07. The van der Waals surface area contributed by atoms with E-state index in [0.717, 1.165) is 12.2 Å². The lowest BCUT2D eigenvalue weighted by Crippen LogP contribution is -2.07. The normalized spacial score (nSPS) is 9.81. The van der Waals surface area contributed by atoms with Crippen molar-refractivity contribution in [3.8, 4) is 5.75 Å². The van der Waals surface area contributed by atoms with Gasteiger partial charge in [-0.05, 0) is 25.0 Å². The van der Waals surface area contributed by atoms with Crippen LogP contribution < -0.4 is 4.74 Å². The number of benzene rings is 1. The minimum atomic E-state index is -0.140. The van der Waals surface area contributed by atoms with Crippen LogP contribution in [0.2, 0.25) is 0 Å². The van der Waals surface area contributed by atoms with Gasteiger partial charge in [-0.3, -0.25) is 4.79 Å². The van der Waals surface area contributed by atoms with E-state index < -0.39 is 0 Å². The van der Waals surface area contributed by atoms with Crippen molar-refractivity contribution in [2.24, 2.45) is 0 Å². The first-order valence-corrected chi connectivity index (χ1v) is 5.66. The Labute approximate surface area is 96.4 Å². The molecule has 16 heavy (non-hydrogen) atoms. The first-order chi connectivity index (χ1) is 7.83. The number of hydrogen-bond acceptors (Lipinski definition) is 3. The summed E-state index contributed by atoms with van der Waals surface area (Å²) >= 11 is 0. The van der Waals surface area contributed by atoms with Gasteiger partial charge in [0.05, 0.1) is 13.2 Å². The van der Waals surface area contributed by atoms with Gasteiger partial charge in [0.1, 0.15) is 5.75 Å². The standard InChI is InChI=1S/C13H18O3/c1-2-10-16-13(14)9-6-11-15-12-7-4-3-5-8-12/h3-5,7-8H,2,6,9-11H2,1H3. The van der Waals surface area contributed by atoms with E-state index in [-0.39, 0.29) is 5.97 Å². The molecule has 0 aliphatic heterocycles. The van der Waals surface area contributed by atoms with Crippen molar-refractivity contribution in [1.82, 2.24) is 0 Å². The molecule has 0 spiro atoms. The van der Waals surface area contributed by atoms with E-state index in [1.807, 2.05) is 37.3 Å². The van der Waals surface area contributed by atoms with Gasteiger partial charge in [-0.2, -0.15) is 0 Å². The van der Waals surface area contributed by atoms with Gasteiger partial charge in [0, 0.05) is 6.42 Å². The van der Waals surface area contributed by atoms with Gasteiger partial charge in [-0.25, -0.2) is 0 Å². The zero-order valence-corrected chi connectivity index (χ0v) is 9.65. The van der Waals surface area contributed by atoms with Crippen LogP contribution in [0.15, 0.2) is 30.3 Å². The predicted octanol–water partition coefficient (Wildman–Crippen LogP) is 2.80. The summed E-state index contributed by atoms with van der Waals surface area (Å²) in [5.41, 5.74) is 0. The van der Waals surface area contributed by atoms with E-state index in [0.29, 0.717) is 26.1 Å². The maximum absolute atomic E-state index is 11.1. The first-order valence-electron chi connectivity index (χ1n) is 5.66. The fourth-order valence-corrected chi connectivity index (χ4v) is 1.21. The Morgan fingerprint density at radius 2 is 1.94 bits per heavy atom. The number of hydrogen-bond donors (Lipinski definition) is 0. The monoisotopic (exact) mass is 222 g/mol. The molecule has 1 rings (SSSR count). The largest absolute Gasteiger partial charge is 0.494 e. The molecule has 3 nitrogen and oxygen atoms in total. The lowest BCUT2D eigenvalue weighted by atomic mass is 10.3. The number of carbonyl (C=O) groups excluding carboxylic acids is 1. The first kappa shape index (κ1) is 12.6. The van der Waals surface area contributed by atoms with Crippen molar-refractivity contribution >= 4 is 5.97 Å². The third-order valence-electron chi connectivity index (χ3n) is 2.00. The van der Waals surface area contributed by atoms with E-state index in [9.17, 15) is 4.79 Å². The molecule has 0 fully saturated rings. The third-order valence-corrected chi connectivity index (χ3v) is 2.00.